The smallest absolute Gasteiger partial charge is 0.379 e. The minimum Gasteiger partial charge on any atom is -0.379 e. The lowest BCUT2D eigenvalue weighted by atomic mass is 10.5. The Bertz CT molecular complexity index is 164. The molecule has 0 saturated carbocycles. The number of amides is 1. The van der Waals surface area contributed by atoms with E-state index in [9.17, 15) is 9.18 Å². The van der Waals surface area contributed by atoms with Gasteiger partial charge in [0.25, 0.3) is 0 Å². The highest BCUT2D eigenvalue weighted by Gasteiger charge is 2.16. The van der Waals surface area contributed by atoms with Gasteiger partial charge >= 0.3 is 6.16 Å². The van der Waals surface area contributed by atoms with E-state index in [4.69, 9.17) is 4.74 Å². The summed E-state index contributed by atoms with van der Waals surface area (Å²) in [7, 11) is 1.41. The molecule has 1 amide bonds. The van der Waals surface area contributed by atoms with Crippen molar-refractivity contribution in [1.29, 1.82) is 0 Å². The zero-order valence-electron chi connectivity index (χ0n) is 6.83. The largest absolute Gasteiger partial charge is 0.410 e. The summed E-state index contributed by atoms with van der Waals surface area (Å²) in [5, 5.41) is 0. The minimum absolute atomic E-state index is 0.640. The second-order valence-electron chi connectivity index (χ2n) is 2.37. The number of hydrogen-bond acceptors (Lipinski definition) is 4. The third-order valence-corrected chi connectivity index (χ3v) is 2.44. The fraction of sp³-hybridized carbons (Fsp3) is 0.833. The predicted octanol–water partition coefficient (Wildman–Crippen LogP) is 0.903. The van der Waals surface area contributed by atoms with Gasteiger partial charge in [0.1, 0.15) is 0 Å². The van der Waals surface area contributed by atoms with Crippen molar-refractivity contribution in [2.75, 3.05) is 33.4 Å². The maximum absolute atomic E-state index is 12.1. The fourth-order valence-corrected chi connectivity index (χ4v) is 1.56. The summed E-state index contributed by atoms with van der Waals surface area (Å²) in [5.74, 6) is 0. The first kappa shape index (κ1) is 9.76. The zero-order chi connectivity index (χ0) is 8.97. The van der Waals surface area contributed by atoms with Crippen LogP contribution < -0.4 is 0 Å². The molecular weight excluding hydrogens is 183 g/mol. The first-order chi connectivity index (χ1) is 5.70. The van der Waals surface area contributed by atoms with Crippen LogP contribution in [0.5, 0.6) is 0 Å². The molecule has 0 bridgehead atoms. The van der Waals surface area contributed by atoms with Crippen LogP contribution in [0.15, 0.2) is 0 Å². The zero-order valence-corrected chi connectivity index (χ0v) is 7.64. The third kappa shape index (κ3) is 2.96. The van der Waals surface area contributed by atoms with Gasteiger partial charge in [-0.2, -0.15) is 0 Å². The van der Waals surface area contributed by atoms with Crippen molar-refractivity contribution in [2.45, 2.75) is 0 Å². The van der Waals surface area contributed by atoms with Crippen molar-refractivity contribution in [3.8, 4) is 0 Å². The van der Waals surface area contributed by atoms with E-state index in [1.165, 1.54) is 7.05 Å². The van der Waals surface area contributed by atoms with Gasteiger partial charge in [-0.05, 0) is 0 Å². The van der Waals surface area contributed by atoms with Crippen LogP contribution in [0.1, 0.15) is 0 Å². The van der Waals surface area contributed by atoms with Crippen LogP contribution in [-0.4, -0.2) is 48.1 Å². The number of nitrogens with zero attached hydrogens (tertiary/aromatic N) is 2. The first-order valence-corrected chi connectivity index (χ1v) is 4.37. The highest BCUT2D eigenvalue weighted by atomic mass is 32.2. The standard InChI is InChI=1S/C6H11FN2O2S/c1-8(6(7)10)12-9-2-4-11-5-3-9/h2-5H2,1H3. The maximum atomic E-state index is 12.1. The summed E-state index contributed by atoms with van der Waals surface area (Å²) in [6, 6.07) is 0. The number of morpholine rings is 1. The van der Waals surface area contributed by atoms with Gasteiger partial charge in [-0.1, -0.05) is 0 Å². The van der Waals surface area contributed by atoms with Crippen LogP contribution in [0.2, 0.25) is 0 Å². The van der Waals surface area contributed by atoms with E-state index in [1.807, 2.05) is 4.31 Å². The Morgan fingerprint density at radius 3 is 2.67 bits per heavy atom. The molecule has 0 radical (unpaired) electrons. The molecule has 0 spiro atoms. The molecule has 0 unspecified atom stereocenters. The first-order valence-electron chi connectivity index (χ1n) is 3.64. The van der Waals surface area contributed by atoms with Crippen molar-refractivity contribution in [3.05, 3.63) is 0 Å². The minimum atomic E-state index is -1.42. The van der Waals surface area contributed by atoms with E-state index in [1.54, 1.807) is 0 Å². The van der Waals surface area contributed by atoms with Gasteiger partial charge in [0.05, 0.1) is 13.2 Å². The second kappa shape index (κ2) is 4.64. The van der Waals surface area contributed by atoms with Gasteiger partial charge in [0.2, 0.25) is 0 Å². The molecule has 70 valence electrons. The molecule has 0 aromatic carbocycles. The quantitative estimate of drug-likeness (QED) is 0.371. The monoisotopic (exact) mass is 194 g/mol. The van der Waals surface area contributed by atoms with Crippen LogP contribution >= 0.6 is 12.1 Å². The lowest BCUT2D eigenvalue weighted by Crippen LogP contribution is -2.34. The van der Waals surface area contributed by atoms with E-state index in [2.05, 4.69) is 0 Å². The Morgan fingerprint density at radius 1 is 1.58 bits per heavy atom. The van der Waals surface area contributed by atoms with Crippen LogP contribution in [0.4, 0.5) is 9.18 Å². The SMILES string of the molecule is CN(SN1CCOCC1)C(=O)F. The van der Waals surface area contributed by atoms with E-state index in [0.717, 1.165) is 29.5 Å². The Morgan fingerprint density at radius 2 is 2.17 bits per heavy atom. The summed E-state index contributed by atoms with van der Waals surface area (Å²) in [6.07, 6.45) is -1.42. The molecule has 1 heterocycles. The maximum Gasteiger partial charge on any atom is 0.410 e. The number of halogens is 1. The van der Waals surface area contributed by atoms with Gasteiger partial charge in [0.15, 0.2) is 0 Å². The average Bonchev–Trinajstić information content (AvgIpc) is 2.06. The third-order valence-electron chi connectivity index (χ3n) is 1.46. The molecule has 1 saturated heterocycles. The molecule has 4 nitrogen and oxygen atoms in total. The average molecular weight is 194 g/mol. The summed E-state index contributed by atoms with van der Waals surface area (Å²) < 4.78 is 20.0. The summed E-state index contributed by atoms with van der Waals surface area (Å²) in [6.45, 7) is 2.73. The van der Waals surface area contributed by atoms with E-state index in [-0.39, 0.29) is 0 Å². The van der Waals surface area contributed by atoms with E-state index >= 15 is 0 Å². The van der Waals surface area contributed by atoms with Crippen LogP contribution in [-0.2, 0) is 4.74 Å². The summed E-state index contributed by atoms with van der Waals surface area (Å²) in [5.41, 5.74) is 0. The number of carbonyl (C=O) groups is 1. The Labute approximate surface area is 74.9 Å². The number of carbonyl (C=O) groups excluding carboxylic acids is 1. The van der Waals surface area contributed by atoms with Crippen LogP contribution in [0, 0.1) is 0 Å². The number of rotatable bonds is 2. The molecule has 12 heavy (non-hydrogen) atoms. The molecule has 0 aliphatic carbocycles. The van der Waals surface area contributed by atoms with Gasteiger partial charge in [0, 0.05) is 32.3 Å². The normalized spacial score (nSPS) is 19.2. The fourth-order valence-electron chi connectivity index (χ4n) is 0.834. The Hall–Kier alpha value is -0.330. The number of hydrogen-bond donors (Lipinski definition) is 0. The van der Waals surface area contributed by atoms with Crippen molar-refractivity contribution >= 4 is 18.3 Å². The van der Waals surface area contributed by atoms with Gasteiger partial charge in [-0.25, -0.2) is 13.4 Å². The molecule has 1 aliphatic rings. The van der Waals surface area contributed by atoms with Gasteiger partial charge in [-0.15, -0.1) is 4.39 Å². The van der Waals surface area contributed by atoms with E-state index < -0.39 is 6.16 Å². The summed E-state index contributed by atoms with van der Waals surface area (Å²) in [4.78, 5) is 10.2. The molecule has 0 aromatic heterocycles. The number of ether oxygens (including phenoxy) is 1. The lowest BCUT2D eigenvalue weighted by molar-refractivity contribution is 0.0761. The van der Waals surface area contributed by atoms with Crippen molar-refractivity contribution in [1.82, 2.24) is 8.61 Å². The highest BCUT2D eigenvalue weighted by molar-refractivity contribution is 7.95. The molecule has 1 aliphatic heterocycles. The van der Waals surface area contributed by atoms with Gasteiger partial charge < -0.3 is 4.74 Å². The van der Waals surface area contributed by atoms with Gasteiger partial charge in [-0.3, -0.25) is 0 Å². The Kier molecular flexibility index (Phi) is 3.77. The molecular formula is C6H11FN2O2S. The van der Waals surface area contributed by atoms with Crippen molar-refractivity contribution in [3.63, 3.8) is 0 Å². The molecule has 1 fully saturated rings. The topological polar surface area (TPSA) is 32.8 Å². The van der Waals surface area contributed by atoms with Crippen LogP contribution in [0.3, 0.4) is 0 Å². The van der Waals surface area contributed by atoms with Crippen molar-refractivity contribution < 1.29 is 13.9 Å². The molecule has 0 N–H and O–H groups in total. The molecule has 0 atom stereocenters. The Balaban J connectivity index is 2.24. The molecule has 0 aromatic rings. The van der Waals surface area contributed by atoms with Crippen molar-refractivity contribution in [2.24, 2.45) is 0 Å². The highest BCUT2D eigenvalue weighted by Crippen LogP contribution is 2.16. The van der Waals surface area contributed by atoms with Crippen LogP contribution in [0.25, 0.3) is 0 Å². The van der Waals surface area contributed by atoms with E-state index in [0.29, 0.717) is 13.2 Å². The molecule has 6 heteroatoms. The second-order valence-corrected chi connectivity index (χ2v) is 3.60. The predicted molar refractivity (Wildman–Crippen MR) is 44.3 cm³/mol. The molecule has 1 rings (SSSR count). The summed E-state index contributed by atoms with van der Waals surface area (Å²) >= 11 is 1.09. The lowest BCUT2D eigenvalue weighted by Gasteiger charge is -2.27.